The molecule has 2 rings (SSSR count). The van der Waals surface area contributed by atoms with Gasteiger partial charge in [-0.3, -0.25) is 0 Å². The minimum Gasteiger partial charge on any atom is -0.467 e. The molecule has 0 unspecified atom stereocenters. The van der Waals surface area contributed by atoms with Crippen molar-refractivity contribution in [1.29, 1.82) is 0 Å². The van der Waals surface area contributed by atoms with Gasteiger partial charge < -0.3 is 15.5 Å². The van der Waals surface area contributed by atoms with Crippen molar-refractivity contribution >= 4 is 21.4 Å². The van der Waals surface area contributed by atoms with Crippen molar-refractivity contribution < 1.29 is 12.8 Å². The topological polar surface area (TPSA) is 97.4 Å². The van der Waals surface area contributed by atoms with Gasteiger partial charge in [0.25, 0.3) is 0 Å². The van der Waals surface area contributed by atoms with E-state index in [9.17, 15) is 8.42 Å². The average molecular weight is 295 g/mol. The van der Waals surface area contributed by atoms with Crippen LogP contribution in [-0.4, -0.2) is 15.0 Å². The summed E-state index contributed by atoms with van der Waals surface area (Å²) in [5, 5.41) is 3.06. The van der Waals surface area contributed by atoms with Gasteiger partial charge in [0.2, 0.25) is 10.0 Å². The summed E-state index contributed by atoms with van der Waals surface area (Å²) in [4.78, 5) is 0.176. The first-order valence-corrected chi connectivity index (χ1v) is 7.66. The highest BCUT2D eigenvalue weighted by molar-refractivity contribution is 7.89. The van der Waals surface area contributed by atoms with Crippen LogP contribution in [0.3, 0.4) is 0 Å². The lowest BCUT2D eigenvalue weighted by Crippen LogP contribution is -2.23. The van der Waals surface area contributed by atoms with Crippen LogP contribution in [0.25, 0.3) is 0 Å². The van der Waals surface area contributed by atoms with E-state index in [-0.39, 0.29) is 4.90 Å². The molecule has 2 aromatic rings. The van der Waals surface area contributed by atoms with Gasteiger partial charge in [0.05, 0.1) is 29.1 Å². The average Bonchev–Trinajstić information content (AvgIpc) is 2.90. The number of hydrogen-bond donors (Lipinski definition) is 3. The van der Waals surface area contributed by atoms with E-state index in [0.29, 0.717) is 24.5 Å². The van der Waals surface area contributed by atoms with Crippen molar-refractivity contribution in [1.82, 2.24) is 4.72 Å². The highest BCUT2D eigenvalue weighted by Gasteiger charge is 2.14. The monoisotopic (exact) mass is 295 g/mol. The Bertz CT molecular complexity index is 666. The first kappa shape index (κ1) is 14.4. The Hall–Kier alpha value is -1.99. The molecule has 20 heavy (non-hydrogen) atoms. The Labute approximate surface area is 118 Å². The molecule has 0 amide bonds. The normalized spacial score (nSPS) is 11.4. The molecule has 7 heteroatoms. The van der Waals surface area contributed by atoms with Crippen LogP contribution in [0.4, 0.5) is 11.4 Å². The van der Waals surface area contributed by atoms with E-state index < -0.39 is 10.0 Å². The van der Waals surface area contributed by atoms with Crippen molar-refractivity contribution in [2.45, 2.75) is 18.4 Å². The number of rotatable bonds is 6. The first-order valence-electron chi connectivity index (χ1n) is 6.18. The molecule has 6 nitrogen and oxygen atoms in total. The fourth-order valence-corrected chi connectivity index (χ4v) is 2.79. The van der Waals surface area contributed by atoms with Gasteiger partial charge in [-0.25, -0.2) is 13.1 Å². The third kappa shape index (κ3) is 3.31. The number of benzene rings is 1. The Balaban J connectivity index is 2.20. The van der Waals surface area contributed by atoms with E-state index in [1.807, 2.05) is 6.07 Å². The number of anilines is 2. The van der Waals surface area contributed by atoms with Crippen molar-refractivity contribution in [3.63, 3.8) is 0 Å². The summed E-state index contributed by atoms with van der Waals surface area (Å²) in [5.74, 6) is 0.740. The maximum Gasteiger partial charge on any atom is 0.240 e. The lowest BCUT2D eigenvalue weighted by molar-refractivity contribution is 0.518. The summed E-state index contributed by atoms with van der Waals surface area (Å²) in [6.45, 7) is 2.49. The van der Waals surface area contributed by atoms with Crippen molar-refractivity contribution in [3.8, 4) is 0 Å². The summed E-state index contributed by atoms with van der Waals surface area (Å²) in [6, 6.07) is 8.16. The van der Waals surface area contributed by atoms with Crippen LogP contribution in [0.2, 0.25) is 0 Å². The second-order valence-electron chi connectivity index (χ2n) is 4.18. The van der Waals surface area contributed by atoms with E-state index >= 15 is 0 Å². The van der Waals surface area contributed by atoms with Crippen LogP contribution in [0.1, 0.15) is 12.7 Å². The van der Waals surface area contributed by atoms with E-state index in [1.54, 1.807) is 25.3 Å². The lowest BCUT2D eigenvalue weighted by Gasteiger charge is -2.11. The summed E-state index contributed by atoms with van der Waals surface area (Å²) >= 11 is 0. The zero-order valence-corrected chi connectivity index (χ0v) is 11.9. The zero-order chi connectivity index (χ0) is 14.6. The molecule has 0 aliphatic carbocycles. The summed E-state index contributed by atoms with van der Waals surface area (Å²) in [7, 11) is -3.49. The Morgan fingerprint density at radius 2 is 2.10 bits per heavy atom. The predicted octanol–water partition coefficient (Wildman–Crippen LogP) is 1.77. The van der Waals surface area contributed by atoms with Gasteiger partial charge in [-0.1, -0.05) is 6.92 Å². The summed E-state index contributed by atoms with van der Waals surface area (Å²) < 4.78 is 31.5. The molecule has 1 heterocycles. The molecule has 0 spiro atoms. The van der Waals surface area contributed by atoms with Crippen molar-refractivity contribution in [3.05, 3.63) is 42.4 Å². The fourth-order valence-electron chi connectivity index (χ4n) is 1.72. The number of hydrogen-bond acceptors (Lipinski definition) is 5. The van der Waals surface area contributed by atoms with Crippen LogP contribution in [0.15, 0.2) is 45.9 Å². The van der Waals surface area contributed by atoms with Gasteiger partial charge in [-0.15, -0.1) is 0 Å². The smallest absolute Gasteiger partial charge is 0.240 e. The molecule has 1 aromatic carbocycles. The van der Waals surface area contributed by atoms with Crippen molar-refractivity contribution in [2.75, 3.05) is 17.6 Å². The number of furan rings is 1. The molecule has 108 valence electrons. The molecule has 0 aliphatic heterocycles. The van der Waals surface area contributed by atoms with Gasteiger partial charge in [0.1, 0.15) is 5.76 Å². The van der Waals surface area contributed by atoms with E-state index in [2.05, 4.69) is 10.0 Å². The Kier molecular flexibility index (Phi) is 4.31. The van der Waals surface area contributed by atoms with E-state index in [0.717, 1.165) is 5.76 Å². The van der Waals surface area contributed by atoms with Crippen molar-refractivity contribution in [2.24, 2.45) is 0 Å². The standard InChI is InChI=1S/C13H17N3O3S/c1-2-16-20(17,18)11-5-6-12(14)13(8-11)15-9-10-4-3-7-19-10/h3-8,15-16H,2,9,14H2,1H3. The number of nitrogen functional groups attached to an aromatic ring is 1. The van der Waals surface area contributed by atoms with E-state index in [1.165, 1.54) is 12.1 Å². The maximum atomic E-state index is 11.9. The molecule has 4 N–H and O–H groups in total. The van der Waals surface area contributed by atoms with Crippen LogP contribution >= 0.6 is 0 Å². The second-order valence-corrected chi connectivity index (χ2v) is 5.95. The Morgan fingerprint density at radius 1 is 1.30 bits per heavy atom. The van der Waals surface area contributed by atoms with Crippen LogP contribution in [0, 0.1) is 0 Å². The predicted molar refractivity (Wildman–Crippen MR) is 77.8 cm³/mol. The number of sulfonamides is 1. The minimum atomic E-state index is -3.49. The van der Waals surface area contributed by atoms with E-state index in [4.69, 9.17) is 10.2 Å². The largest absolute Gasteiger partial charge is 0.467 e. The maximum absolute atomic E-state index is 11.9. The number of nitrogens with one attached hydrogen (secondary N) is 2. The van der Waals surface area contributed by atoms with Gasteiger partial charge in [-0.2, -0.15) is 0 Å². The second kappa shape index (κ2) is 5.98. The molecule has 1 aromatic heterocycles. The van der Waals surface area contributed by atoms with Gasteiger partial charge in [-0.05, 0) is 30.3 Å². The molecule has 0 radical (unpaired) electrons. The highest BCUT2D eigenvalue weighted by Crippen LogP contribution is 2.23. The van der Waals surface area contributed by atoms with Gasteiger partial charge >= 0.3 is 0 Å². The molecule has 0 saturated carbocycles. The molecular formula is C13H17N3O3S. The summed E-state index contributed by atoms with van der Waals surface area (Å²) in [6.07, 6.45) is 1.58. The molecule has 0 aliphatic rings. The zero-order valence-electron chi connectivity index (χ0n) is 11.1. The van der Waals surface area contributed by atoms with Crippen LogP contribution in [-0.2, 0) is 16.6 Å². The van der Waals surface area contributed by atoms with Gasteiger partial charge in [0.15, 0.2) is 0 Å². The first-order chi connectivity index (χ1) is 9.53. The third-order valence-electron chi connectivity index (χ3n) is 2.70. The Morgan fingerprint density at radius 3 is 2.75 bits per heavy atom. The highest BCUT2D eigenvalue weighted by atomic mass is 32.2. The van der Waals surface area contributed by atoms with Crippen LogP contribution in [0.5, 0.6) is 0 Å². The molecule has 0 saturated heterocycles. The lowest BCUT2D eigenvalue weighted by atomic mass is 10.2. The molecule has 0 atom stereocenters. The quantitative estimate of drug-likeness (QED) is 0.706. The molecule has 0 fully saturated rings. The third-order valence-corrected chi connectivity index (χ3v) is 4.25. The molecular weight excluding hydrogens is 278 g/mol. The molecule has 0 bridgehead atoms. The summed E-state index contributed by atoms with van der Waals surface area (Å²) in [5.41, 5.74) is 6.87. The minimum absolute atomic E-state index is 0.176. The SMILES string of the molecule is CCNS(=O)(=O)c1ccc(N)c(NCc2ccco2)c1. The van der Waals surface area contributed by atoms with Crippen LogP contribution < -0.4 is 15.8 Å². The van der Waals surface area contributed by atoms with Gasteiger partial charge in [0, 0.05) is 6.54 Å². The fraction of sp³-hybridized carbons (Fsp3) is 0.231. The number of nitrogens with two attached hydrogens (primary N) is 1.